The Labute approximate surface area is 175 Å². The number of hydrogen-bond acceptors (Lipinski definition) is 5. The largest absolute Gasteiger partial charge is 0.397 e. The number of anilines is 1. The van der Waals surface area contributed by atoms with Gasteiger partial charge in [-0.2, -0.15) is 0 Å². The first-order valence-corrected chi connectivity index (χ1v) is 10.2. The summed E-state index contributed by atoms with van der Waals surface area (Å²) in [5.41, 5.74) is 9.61. The average molecular weight is 404 g/mol. The second-order valence-corrected chi connectivity index (χ2v) is 7.76. The second kappa shape index (κ2) is 9.13. The van der Waals surface area contributed by atoms with E-state index in [-0.39, 0.29) is 23.9 Å². The fourth-order valence-electron chi connectivity index (χ4n) is 3.92. The lowest BCUT2D eigenvalue weighted by Crippen LogP contribution is -2.36. The fourth-order valence-corrected chi connectivity index (χ4v) is 3.92. The van der Waals surface area contributed by atoms with Gasteiger partial charge in [0.2, 0.25) is 0 Å². The molecular formula is C24H25FN4O. The van der Waals surface area contributed by atoms with Gasteiger partial charge in [-0.05, 0) is 56.3 Å². The van der Waals surface area contributed by atoms with Gasteiger partial charge in [0, 0.05) is 36.0 Å². The first-order valence-electron chi connectivity index (χ1n) is 10.2. The summed E-state index contributed by atoms with van der Waals surface area (Å²) in [5.74, 6) is -0.0149. The van der Waals surface area contributed by atoms with Crippen LogP contribution in [0.25, 0.3) is 11.3 Å². The molecule has 154 valence electrons. The van der Waals surface area contributed by atoms with E-state index in [1.807, 2.05) is 30.3 Å². The Kier molecular flexibility index (Phi) is 6.14. The van der Waals surface area contributed by atoms with Crippen LogP contribution in [-0.2, 0) is 17.8 Å². The number of nitrogens with zero attached hydrogens (tertiary/aromatic N) is 3. The molecule has 1 fully saturated rings. The predicted molar refractivity (Wildman–Crippen MR) is 115 cm³/mol. The van der Waals surface area contributed by atoms with E-state index in [4.69, 9.17) is 5.73 Å². The van der Waals surface area contributed by atoms with Crippen molar-refractivity contribution in [3.63, 3.8) is 0 Å². The van der Waals surface area contributed by atoms with Crippen LogP contribution in [0.15, 0.2) is 60.9 Å². The number of nitrogens with two attached hydrogens (primary N) is 1. The summed E-state index contributed by atoms with van der Waals surface area (Å²) in [6, 6.07) is 14.3. The smallest absolute Gasteiger partial charge is 0.142 e. The normalized spacial score (nSPS) is 15.2. The van der Waals surface area contributed by atoms with Gasteiger partial charge in [0.05, 0.1) is 23.5 Å². The van der Waals surface area contributed by atoms with Gasteiger partial charge in [0.15, 0.2) is 0 Å². The number of likely N-dealkylation sites (tertiary alicyclic amines) is 1. The summed E-state index contributed by atoms with van der Waals surface area (Å²) >= 11 is 0. The lowest BCUT2D eigenvalue weighted by atomic mass is 9.89. The molecule has 3 aromatic rings. The van der Waals surface area contributed by atoms with Crippen LogP contribution in [-0.4, -0.2) is 33.7 Å². The maximum atomic E-state index is 13.9. The number of carbonyl (C=O) groups excluding carboxylic acids is 1. The molecule has 0 unspecified atom stereocenters. The van der Waals surface area contributed by atoms with Crippen molar-refractivity contribution in [2.24, 2.45) is 5.92 Å². The van der Waals surface area contributed by atoms with E-state index in [0.717, 1.165) is 37.2 Å². The highest BCUT2D eigenvalue weighted by molar-refractivity contribution is 5.84. The molecule has 4 rings (SSSR count). The number of halogens is 1. The Morgan fingerprint density at radius 2 is 1.90 bits per heavy atom. The quantitative estimate of drug-likeness (QED) is 0.675. The third kappa shape index (κ3) is 4.71. The fraction of sp³-hybridized carbons (Fsp3) is 0.292. The van der Waals surface area contributed by atoms with Crippen molar-refractivity contribution in [3.05, 3.63) is 78.0 Å². The standard InChI is InChI=1S/C24H25FN4O/c25-20-6-2-1-4-19(20)16-29-12-9-17(10-13-29)24(30)14-23-21(26)7-8-22(28-23)18-5-3-11-27-15-18/h1-8,11,15,17H,9-10,12-14,16,26H2. The Balaban J connectivity index is 1.37. The molecule has 30 heavy (non-hydrogen) atoms. The molecule has 1 saturated heterocycles. The molecule has 0 atom stereocenters. The van der Waals surface area contributed by atoms with E-state index in [1.165, 1.54) is 6.07 Å². The third-order valence-corrected chi connectivity index (χ3v) is 5.70. The van der Waals surface area contributed by atoms with Gasteiger partial charge in [-0.15, -0.1) is 0 Å². The highest BCUT2D eigenvalue weighted by atomic mass is 19.1. The first kappa shape index (κ1) is 20.2. The molecule has 0 radical (unpaired) electrons. The second-order valence-electron chi connectivity index (χ2n) is 7.76. The minimum Gasteiger partial charge on any atom is -0.397 e. The summed E-state index contributed by atoms with van der Waals surface area (Å²) in [6.45, 7) is 2.14. The number of nitrogen functional groups attached to an aromatic ring is 1. The van der Waals surface area contributed by atoms with Crippen LogP contribution < -0.4 is 5.73 Å². The van der Waals surface area contributed by atoms with Crippen molar-refractivity contribution in [2.45, 2.75) is 25.8 Å². The number of piperidine rings is 1. The number of rotatable bonds is 6. The number of benzene rings is 1. The van der Waals surface area contributed by atoms with Gasteiger partial charge < -0.3 is 5.73 Å². The predicted octanol–water partition coefficient (Wildman–Crippen LogP) is 3.89. The molecule has 2 N–H and O–H groups in total. The van der Waals surface area contributed by atoms with Crippen LogP contribution in [0.5, 0.6) is 0 Å². The Morgan fingerprint density at radius 3 is 2.63 bits per heavy atom. The van der Waals surface area contributed by atoms with Crippen LogP contribution in [0.4, 0.5) is 10.1 Å². The van der Waals surface area contributed by atoms with Crippen LogP contribution in [0.1, 0.15) is 24.1 Å². The summed E-state index contributed by atoms with van der Waals surface area (Å²) < 4.78 is 13.9. The van der Waals surface area contributed by atoms with E-state index >= 15 is 0 Å². The molecule has 0 spiro atoms. The van der Waals surface area contributed by atoms with E-state index in [9.17, 15) is 9.18 Å². The molecule has 0 amide bonds. The van der Waals surface area contributed by atoms with Crippen molar-refractivity contribution in [2.75, 3.05) is 18.8 Å². The lowest BCUT2D eigenvalue weighted by molar-refractivity contribution is -0.123. The van der Waals surface area contributed by atoms with Crippen molar-refractivity contribution in [3.8, 4) is 11.3 Å². The van der Waals surface area contributed by atoms with Crippen LogP contribution in [0.2, 0.25) is 0 Å². The number of carbonyl (C=O) groups is 1. The van der Waals surface area contributed by atoms with Gasteiger partial charge in [-0.1, -0.05) is 18.2 Å². The van der Waals surface area contributed by atoms with Gasteiger partial charge in [0.1, 0.15) is 11.6 Å². The highest BCUT2D eigenvalue weighted by Crippen LogP contribution is 2.24. The van der Waals surface area contributed by atoms with Crippen LogP contribution in [0.3, 0.4) is 0 Å². The number of pyridine rings is 2. The Bertz CT molecular complexity index is 1020. The summed E-state index contributed by atoms with van der Waals surface area (Å²) in [7, 11) is 0. The first-order chi connectivity index (χ1) is 14.6. The third-order valence-electron chi connectivity index (χ3n) is 5.70. The highest BCUT2D eigenvalue weighted by Gasteiger charge is 2.26. The maximum absolute atomic E-state index is 13.9. The lowest BCUT2D eigenvalue weighted by Gasteiger charge is -2.31. The molecule has 3 heterocycles. The minimum absolute atomic E-state index is 0.00915. The van der Waals surface area contributed by atoms with Crippen LogP contribution >= 0.6 is 0 Å². The molecule has 5 nitrogen and oxygen atoms in total. The number of ketones is 1. The molecule has 0 bridgehead atoms. The molecule has 1 aromatic carbocycles. The van der Waals surface area contributed by atoms with E-state index in [0.29, 0.717) is 23.5 Å². The van der Waals surface area contributed by atoms with Crippen molar-refractivity contribution >= 4 is 11.5 Å². The monoisotopic (exact) mass is 404 g/mol. The van der Waals surface area contributed by atoms with Crippen molar-refractivity contribution < 1.29 is 9.18 Å². The van der Waals surface area contributed by atoms with E-state index < -0.39 is 0 Å². The topological polar surface area (TPSA) is 72.1 Å². The number of aromatic nitrogens is 2. The van der Waals surface area contributed by atoms with Gasteiger partial charge >= 0.3 is 0 Å². The zero-order chi connectivity index (χ0) is 20.9. The van der Waals surface area contributed by atoms with Gasteiger partial charge in [0.25, 0.3) is 0 Å². The molecule has 0 aliphatic carbocycles. The zero-order valence-electron chi connectivity index (χ0n) is 16.8. The molecule has 1 aliphatic rings. The summed E-state index contributed by atoms with van der Waals surface area (Å²) in [5, 5.41) is 0. The number of hydrogen-bond donors (Lipinski definition) is 1. The van der Waals surface area contributed by atoms with E-state index in [2.05, 4.69) is 14.9 Å². The van der Waals surface area contributed by atoms with Gasteiger partial charge in [-0.3, -0.25) is 19.7 Å². The molecular weight excluding hydrogens is 379 g/mol. The van der Waals surface area contributed by atoms with Crippen molar-refractivity contribution in [1.29, 1.82) is 0 Å². The number of Topliss-reactive ketones (excluding diaryl/α,β-unsaturated/α-hetero) is 1. The Morgan fingerprint density at radius 1 is 1.10 bits per heavy atom. The van der Waals surface area contributed by atoms with Crippen molar-refractivity contribution in [1.82, 2.24) is 14.9 Å². The molecule has 6 heteroatoms. The molecule has 1 aliphatic heterocycles. The maximum Gasteiger partial charge on any atom is 0.142 e. The van der Waals surface area contributed by atoms with E-state index in [1.54, 1.807) is 24.5 Å². The zero-order valence-corrected chi connectivity index (χ0v) is 16.8. The SMILES string of the molecule is Nc1ccc(-c2cccnc2)nc1CC(=O)C1CCN(Cc2ccccc2F)CC1. The van der Waals surface area contributed by atoms with Crippen LogP contribution in [0, 0.1) is 11.7 Å². The Hall–Kier alpha value is -3.12. The summed E-state index contributed by atoms with van der Waals surface area (Å²) in [6.07, 6.45) is 5.24. The summed E-state index contributed by atoms with van der Waals surface area (Å²) in [4.78, 5) is 23.8. The van der Waals surface area contributed by atoms with Gasteiger partial charge in [-0.25, -0.2) is 4.39 Å². The minimum atomic E-state index is -0.175. The average Bonchev–Trinajstić information content (AvgIpc) is 2.78. The molecule has 0 saturated carbocycles. The molecule has 2 aromatic heterocycles.